The van der Waals surface area contributed by atoms with Gasteiger partial charge in [-0.1, -0.05) is 65.8 Å². The van der Waals surface area contributed by atoms with Crippen LogP contribution >= 0.6 is 23.4 Å². The number of hydrogen-bond donors (Lipinski definition) is 2. The quantitative estimate of drug-likeness (QED) is 0.127. The zero-order chi connectivity index (χ0) is 33.3. The molecule has 0 radical (unpaired) electrons. The highest BCUT2D eigenvalue weighted by atomic mass is 35.5. The van der Waals surface area contributed by atoms with Crippen molar-refractivity contribution in [1.82, 2.24) is 24.3 Å². The van der Waals surface area contributed by atoms with Gasteiger partial charge in [-0.3, -0.25) is 23.7 Å². The Balaban J connectivity index is 1.49. The van der Waals surface area contributed by atoms with Gasteiger partial charge in [0.15, 0.2) is 16.7 Å². The van der Waals surface area contributed by atoms with Crippen LogP contribution in [0.1, 0.15) is 18.9 Å². The fourth-order valence-electron chi connectivity index (χ4n) is 4.96. The predicted octanol–water partition coefficient (Wildman–Crippen LogP) is 4.63. The summed E-state index contributed by atoms with van der Waals surface area (Å²) in [6.07, 6.45) is 0.419. The van der Waals surface area contributed by atoms with Gasteiger partial charge in [-0.05, 0) is 55.3 Å². The molecule has 3 N–H and O–H groups in total. The van der Waals surface area contributed by atoms with Gasteiger partial charge in [0.25, 0.3) is 5.56 Å². The lowest BCUT2D eigenvalue weighted by molar-refractivity contribution is -0.116. The lowest BCUT2D eigenvalue weighted by Gasteiger charge is -2.24. The summed E-state index contributed by atoms with van der Waals surface area (Å²) in [5.41, 5.74) is 7.12. The number of nitrogens with one attached hydrogen (secondary N) is 1. The number of rotatable bonds is 14. The first kappa shape index (κ1) is 33.5. The first-order valence-corrected chi connectivity index (χ1v) is 16.2. The summed E-state index contributed by atoms with van der Waals surface area (Å²) in [5.74, 6) is 0.531. The van der Waals surface area contributed by atoms with Gasteiger partial charge in [0.2, 0.25) is 5.91 Å². The average Bonchev–Trinajstić information content (AvgIpc) is 3.49. The smallest absolute Gasteiger partial charge is 0.330 e. The van der Waals surface area contributed by atoms with Crippen molar-refractivity contribution in [1.29, 1.82) is 0 Å². The molecule has 0 unspecified atom stereocenters. The number of nitrogen functional groups attached to an aromatic ring is 1. The number of nitrogens with zero attached hydrogens (tertiary/aromatic N) is 5. The van der Waals surface area contributed by atoms with Crippen LogP contribution in [0.5, 0.6) is 5.75 Å². The predicted molar refractivity (Wildman–Crippen MR) is 184 cm³/mol. The van der Waals surface area contributed by atoms with Crippen LogP contribution in [-0.4, -0.2) is 62.8 Å². The minimum absolute atomic E-state index is 0.105. The van der Waals surface area contributed by atoms with Gasteiger partial charge in [0.1, 0.15) is 11.6 Å². The number of nitrogens with two attached hydrogens (primary N) is 1. The maximum atomic E-state index is 13.9. The topological polar surface area (TPSA) is 150 Å². The summed E-state index contributed by atoms with van der Waals surface area (Å²) in [6.45, 7) is 3.01. The normalized spacial score (nSPS) is 11.0. The number of H-pyrrole nitrogens is 1. The number of anilines is 2. The average molecular weight is 676 g/mol. The van der Waals surface area contributed by atoms with Crippen molar-refractivity contribution >= 4 is 40.8 Å². The SMILES string of the molecule is CCOc1ccc(-n2c(SCC(=O)N(CCCOC)c3c(N)n(Cc4ccccc4)c(=O)[nH]c3=O)nnc2-c2ccccc2Cl)cc1. The van der Waals surface area contributed by atoms with E-state index in [1.807, 2.05) is 84.3 Å². The maximum Gasteiger partial charge on any atom is 0.330 e. The summed E-state index contributed by atoms with van der Waals surface area (Å²) in [7, 11) is 1.55. The number of benzene rings is 3. The third-order valence-corrected chi connectivity index (χ3v) is 8.42. The van der Waals surface area contributed by atoms with E-state index < -0.39 is 17.2 Å². The van der Waals surface area contributed by atoms with E-state index >= 15 is 0 Å². The maximum absolute atomic E-state index is 13.9. The Morgan fingerprint density at radius 3 is 2.45 bits per heavy atom. The number of thioether (sulfide) groups is 1. The Labute approximate surface area is 280 Å². The zero-order valence-corrected chi connectivity index (χ0v) is 27.5. The number of aromatic amines is 1. The zero-order valence-electron chi connectivity index (χ0n) is 25.9. The summed E-state index contributed by atoms with van der Waals surface area (Å²) in [4.78, 5) is 43.6. The van der Waals surface area contributed by atoms with E-state index in [9.17, 15) is 14.4 Å². The van der Waals surface area contributed by atoms with E-state index in [1.165, 1.54) is 9.47 Å². The van der Waals surface area contributed by atoms with E-state index in [0.717, 1.165) is 23.0 Å². The molecule has 12 nitrogen and oxygen atoms in total. The Kier molecular flexibility index (Phi) is 11.1. The monoisotopic (exact) mass is 675 g/mol. The summed E-state index contributed by atoms with van der Waals surface area (Å²) in [6, 6.07) is 23.9. The molecule has 14 heteroatoms. The number of aromatic nitrogens is 5. The second-order valence-corrected chi connectivity index (χ2v) is 11.6. The summed E-state index contributed by atoms with van der Waals surface area (Å²) >= 11 is 7.69. The molecule has 5 rings (SSSR count). The fraction of sp³-hybridized carbons (Fsp3) is 0.242. The van der Waals surface area contributed by atoms with Crippen LogP contribution in [0.3, 0.4) is 0 Å². The van der Waals surface area contributed by atoms with Crippen molar-refractivity contribution in [2.24, 2.45) is 0 Å². The Hall–Kier alpha value is -4.85. The minimum atomic E-state index is -0.758. The van der Waals surface area contributed by atoms with Crippen molar-refractivity contribution in [2.45, 2.75) is 25.0 Å². The molecule has 0 aliphatic heterocycles. The molecule has 47 heavy (non-hydrogen) atoms. The molecule has 0 atom stereocenters. The van der Waals surface area contributed by atoms with Crippen LogP contribution in [0, 0.1) is 0 Å². The van der Waals surface area contributed by atoms with Crippen molar-refractivity contribution < 1.29 is 14.3 Å². The number of hydrogen-bond acceptors (Lipinski definition) is 9. The highest BCUT2D eigenvalue weighted by Gasteiger charge is 2.26. The first-order valence-electron chi connectivity index (χ1n) is 14.8. The minimum Gasteiger partial charge on any atom is -0.494 e. The van der Waals surface area contributed by atoms with Crippen molar-refractivity contribution in [3.05, 3.63) is 110 Å². The fourth-order valence-corrected chi connectivity index (χ4v) is 6.01. The summed E-state index contributed by atoms with van der Waals surface area (Å²) < 4.78 is 13.9. The Morgan fingerprint density at radius 1 is 1.02 bits per heavy atom. The largest absolute Gasteiger partial charge is 0.494 e. The van der Waals surface area contributed by atoms with Gasteiger partial charge < -0.3 is 20.1 Å². The number of methoxy groups -OCH3 is 1. The van der Waals surface area contributed by atoms with E-state index in [-0.39, 0.29) is 30.3 Å². The lowest BCUT2D eigenvalue weighted by Crippen LogP contribution is -2.42. The number of amides is 1. The molecule has 3 aromatic carbocycles. The van der Waals surface area contributed by atoms with Gasteiger partial charge >= 0.3 is 5.69 Å². The molecule has 2 heterocycles. The van der Waals surface area contributed by atoms with Gasteiger partial charge in [0, 0.05) is 31.5 Å². The molecule has 0 spiro atoms. The molecule has 0 aliphatic rings. The second-order valence-electron chi connectivity index (χ2n) is 10.3. The van der Waals surface area contributed by atoms with Crippen LogP contribution in [-0.2, 0) is 16.1 Å². The molecule has 244 valence electrons. The van der Waals surface area contributed by atoms with Crippen molar-refractivity contribution in [2.75, 3.05) is 43.3 Å². The van der Waals surface area contributed by atoms with Crippen LogP contribution in [0.15, 0.2) is 93.6 Å². The molecule has 0 saturated carbocycles. The van der Waals surface area contributed by atoms with Crippen molar-refractivity contribution in [3.8, 4) is 22.8 Å². The van der Waals surface area contributed by atoms with Crippen LogP contribution in [0.4, 0.5) is 11.5 Å². The van der Waals surface area contributed by atoms with Crippen LogP contribution in [0.2, 0.25) is 5.02 Å². The first-order chi connectivity index (χ1) is 22.8. The van der Waals surface area contributed by atoms with Gasteiger partial charge in [-0.15, -0.1) is 10.2 Å². The number of halogens is 1. The standard InChI is InChI=1S/C33H34ClN7O5S/c1-3-46-24-16-14-23(15-17-24)41-30(25-12-7-8-13-26(25)34)37-38-33(41)47-21-27(42)39(18-9-19-45-2)28-29(35)40(32(44)36-31(28)43)20-22-10-5-4-6-11-22/h4-8,10-17H,3,9,18-21,35H2,1-2H3,(H,36,43,44). The van der Waals surface area contributed by atoms with E-state index in [1.54, 1.807) is 13.2 Å². The highest BCUT2D eigenvalue weighted by molar-refractivity contribution is 7.99. The number of ether oxygens (including phenoxy) is 2. The molecule has 0 bridgehead atoms. The Bertz CT molecular complexity index is 1940. The van der Waals surface area contributed by atoms with E-state index in [4.69, 9.17) is 26.8 Å². The van der Waals surface area contributed by atoms with Gasteiger partial charge in [0.05, 0.1) is 23.9 Å². The lowest BCUT2D eigenvalue weighted by atomic mass is 10.2. The molecular formula is C33H34ClN7O5S. The second kappa shape index (κ2) is 15.6. The number of carbonyl (C=O) groups excluding carboxylic acids is 1. The molecule has 0 aliphatic carbocycles. The highest BCUT2D eigenvalue weighted by Crippen LogP contribution is 2.33. The molecule has 0 saturated heterocycles. The Morgan fingerprint density at radius 2 is 1.74 bits per heavy atom. The van der Waals surface area contributed by atoms with E-state index in [0.29, 0.717) is 47.0 Å². The summed E-state index contributed by atoms with van der Waals surface area (Å²) in [5, 5.41) is 9.76. The van der Waals surface area contributed by atoms with E-state index in [2.05, 4.69) is 15.2 Å². The van der Waals surface area contributed by atoms with Crippen LogP contribution in [0.25, 0.3) is 17.1 Å². The molecule has 1 amide bonds. The molecular weight excluding hydrogens is 642 g/mol. The number of carbonyl (C=O) groups is 1. The molecule has 0 fully saturated rings. The third kappa shape index (κ3) is 7.76. The van der Waals surface area contributed by atoms with Gasteiger partial charge in [-0.25, -0.2) is 4.79 Å². The van der Waals surface area contributed by atoms with Crippen LogP contribution < -0.4 is 26.6 Å². The van der Waals surface area contributed by atoms with Gasteiger partial charge in [-0.2, -0.15) is 0 Å². The molecule has 5 aromatic rings. The molecule has 2 aromatic heterocycles. The van der Waals surface area contributed by atoms with Crippen molar-refractivity contribution in [3.63, 3.8) is 0 Å². The third-order valence-electron chi connectivity index (χ3n) is 7.18.